The number of carboxylic acid groups (broad SMARTS) is 1. The maximum absolute atomic E-state index is 11.0. The molecule has 2 aromatic carbocycles. The summed E-state index contributed by atoms with van der Waals surface area (Å²) in [5.41, 5.74) is 3.38. The van der Waals surface area contributed by atoms with Gasteiger partial charge >= 0.3 is 5.97 Å². The van der Waals surface area contributed by atoms with Gasteiger partial charge in [-0.25, -0.2) is 4.79 Å². The summed E-state index contributed by atoms with van der Waals surface area (Å²) in [6, 6.07) is 13.0. The lowest BCUT2D eigenvalue weighted by Crippen LogP contribution is -2.18. The molecule has 0 saturated carbocycles. The van der Waals surface area contributed by atoms with Crippen molar-refractivity contribution < 1.29 is 14.6 Å². The lowest BCUT2D eigenvalue weighted by atomic mass is 10.0. The minimum atomic E-state index is -0.900. The third-order valence-electron chi connectivity index (χ3n) is 3.49. The number of aryl methyl sites for hydroxylation is 1. The lowest BCUT2D eigenvalue weighted by Gasteiger charge is -2.22. The van der Waals surface area contributed by atoms with Crippen LogP contribution < -0.4 is 9.64 Å². The summed E-state index contributed by atoms with van der Waals surface area (Å²) >= 11 is 0. The van der Waals surface area contributed by atoms with Crippen LogP contribution in [0.1, 0.15) is 21.5 Å². The monoisotopic (exact) mass is 285 g/mol. The van der Waals surface area contributed by atoms with Gasteiger partial charge in [0.15, 0.2) is 0 Å². The second-order valence-electron chi connectivity index (χ2n) is 4.97. The fourth-order valence-electron chi connectivity index (χ4n) is 2.29. The third-order valence-corrected chi connectivity index (χ3v) is 3.49. The molecule has 0 amide bonds. The molecule has 2 rings (SSSR count). The molecule has 0 aliphatic rings. The van der Waals surface area contributed by atoms with E-state index in [0.717, 1.165) is 22.6 Å². The van der Waals surface area contributed by atoms with Crippen molar-refractivity contribution in [1.82, 2.24) is 0 Å². The summed E-state index contributed by atoms with van der Waals surface area (Å²) in [5, 5.41) is 9.00. The zero-order valence-electron chi connectivity index (χ0n) is 12.5. The molecule has 0 fully saturated rings. The molecule has 0 aliphatic carbocycles. The van der Waals surface area contributed by atoms with E-state index in [9.17, 15) is 4.79 Å². The molecule has 2 aromatic rings. The van der Waals surface area contributed by atoms with Crippen LogP contribution in [-0.4, -0.2) is 25.2 Å². The Morgan fingerprint density at radius 2 is 1.95 bits per heavy atom. The standard InChI is InChI=1S/C17H19NO3/c1-12-10-13(17(19)20)8-9-14(12)11-18(2)15-6-4-5-7-16(15)21-3/h4-10H,11H2,1-3H3,(H,19,20). The first-order chi connectivity index (χ1) is 10.0. The summed E-state index contributed by atoms with van der Waals surface area (Å²) < 4.78 is 5.37. The number of benzene rings is 2. The largest absolute Gasteiger partial charge is 0.495 e. The number of carbonyl (C=O) groups is 1. The first-order valence-electron chi connectivity index (χ1n) is 6.70. The number of rotatable bonds is 5. The van der Waals surface area contributed by atoms with Crippen molar-refractivity contribution in [1.29, 1.82) is 0 Å². The number of ether oxygens (including phenoxy) is 1. The topological polar surface area (TPSA) is 49.8 Å². The van der Waals surface area contributed by atoms with E-state index in [2.05, 4.69) is 4.90 Å². The van der Waals surface area contributed by atoms with Crippen LogP contribution in [-0.2, 0) is 6.54 Å². The maximum Gasteiger partial charge on any atom is 0.335 e. The van der Waals surface area contributed by atoms with Crippen LogP contribution in [0.5, 0.6) is 5.75 Å². The van der Waals surface area contributed by atoms with Gasteiger partial charge in [0.25, 0.3) is 0 Å². The van der Waals surface area contributed by atoms with E-state index in [1.54, 1.807) is 19.2 Å². The highest BCUT2D eigenvalue weighted by molar-refractivity contribution is 5.87. The normalized spacial score (nSPS) is 10.2. The Balaban J connectivity index is 2.23. The number of para-hydroxylation sites is 2. The van der Waals surface area contributed by atoms with Crippen LogP contribution in [0, 0.1) is 6.92 Å². The summed E-state index contributed by atoms with van der Waals surface area (Å²) in [4.78, 5) is 13.0. The molecule has 0 spiro atoms. The first kappa shape index (κ1) is 14.9. The number of nitrogens with zero attached hydrogens (tertiary/aromatic N) is 1. The summed E-state index contributed by atoms with van der Waals surface area (Å²) in [7, 11) is 3.64. The molecule has 0 radical (unpaired) electrons. The minimum Gasteiger partial charge on any atom is -0.495 e. The van der Waals surface area contributed by atoms with Gasteiger partial charge in [-0.05, 0) is 42.3 Å². The number of hydrogen-bond acceptors (Lipinski definition) is 3. The average molecular weight is 285 g/mol. The fraction of sp³-hybridized carbons (Fsp3) is 0.235. The van der Waals surface area contributed by atoms with Crippen LogP contribution >= 0.6 is 0 Å². The predicted molar refractivity (Wildman–Crippen MR) is 83.2 cm³/mol. The van der Waals surface area contributed by atoms with Crippen LogP contribution in [0.3, 0.4) is 0 Å². The van der Waals surface area contributed by atoms with Crippen molar-refractivity contribution in [2.75, 3.05) is 19.1 Å². The van der Waals surface area contributed by atoms with Gasteiger partial charge in [-0.15, -0.1) is 0 Å². The minimum absolute atomic E-state index is 0.316. The zero-order valence-corrected chi connectivity index (χ0v) is 12.5. The molecule has 0 saturated heterocycles. The van der Waals surface area contributed by atoms with E-state index in [0.29, 0.717) is 12.1 Å². The molecule has 0 aliphatic heterocycles. The Kier molecular flexibility index (Phi) is 4.48. The van der Waals surface area contributed by atoms with Gasteiger partial charge in [-0.3, -0.25) is 0 Å². The quantitative estimate of drug-likeness (QED) is 0.915. The van der Waals surface area contributed by atoms with Gasteiger partial charge in [0.05, 0.1) is 18.4 Å². The van der Waals surface area contributed by atoms with Crippen molar-refractivity contribution in [3.8, 4) is 5.75 Å². The van der Waals surface area contributed by atoms with Crippen molar-refractivity contribution in [2.24, 2.45) is 0 Å². The average Bonchev–Trinajstić information content (AvgIpc) is 2.48. The Morgan fingerprint density at radius 1 is 1.24 bits per heavy atom. The van der Waals surface area contributed by atoms with Gasteiger partial charge in [0.1, 0.15) is 5.75 Å². The molecule has 0 aromatic heterocycles. The lowest BCUT2D eigenvalue weighted by molar-refractivity contribution is 0.0697. The van der Waals surface area contributed by atoms with E-state index in [-0.39, 0.29) is 0 Å². The molecule has 21 heavy (non-hydrogen) atoms. The Hall–Kier alpha value is -2.49. The predicted octanol–water partition coefficient (Wildman–Crippen LogP) is 3.34. The number of carboxylic acids is 1. The SMILES string of the molecule is COc1ccccc1N(C)Cc1ccc(C(=O)O)cc1C. The van der Waals surface area contributed by atoms with E-state index < -0.39 is 5.97 Å². The van der Waals surface area contributed by atoms with Crippen LogP contribution in [0.4, 0.5) is 5.69 Å². The van der Waals surface area contributed by atoms with Gasteiger partial charge < -0.3 is 14.7 Å². The number of methoxy groups -OCH3 is 1. The molecule has 4 heteroatoms. The molecule has 4 nitrogen and oxygen atoms in total. The third kappa shape index (κ3) is 3.34. The second kappa shape index (κ2) is 6.31. The maximum atomic E-state index is 11.0. The molecule has 110 valence electrons. The summed E-state index contributed by atoms with van der Waals surface area (Å²) in [5.74, 6) is -0.0810. The molecule has 1 N–H and O–H groups in total. The number of aromatic carboxylic acids is 1. The van der Waals surface area contributed by atoms with Crippen LogP contribution in [0.25, 0.3) is 0 Å². The Morgan fingerprint density at radius 3 is 2.57 bits per heavy atom. The molecule has 0 atom stereocenters. The van der Waals surface area contributed by atoms with Crippen molar-refractivity contribution in [3.63, 3.8) is 0 Å². The highest BCUT2D eigenvalue weighted by Gasteiger charge is 2.11. The highest BCUT2D eigenvalue weighted by atomic mass is 16.5. The van der Waals surface area contributed by atoms with Crippen LogP contribution in [0.2, 0.25) is 0 Å². The molecule has 0 heterocycles. The van der Waals surface area contributed by atoms with E-state index in [1.165, 1.54) is 0 Å². The van der Waals surface area contributed by atoms with Crippen LogP contribution in [0.15, 0.2) is 42.5 Å². The van der Waals surface area contributed by atoms with Gasteiger partial charge in [-0.1, -0.05) is 18.2 Å². The fourth-order valence-corrected chi connectivity index (χ4v) is 2.29. The number of hydrogen-bond donors (Lipinski definition) is 1. The molecular weight excluding hydrogens is 266 g/mol. The van der Waals surface area contributed by atoms with E-state index in [4.69, 9.17) is 9.84 Å². The summed E-state index contributed by atoms with van der Waals surface area (Å²) in [6.45, 7) is 2.62. The van der Waals surface area contributed by atoms with Crippen molar-refractivity contribution >= 4 is 11.7 Å². The first-order valence-corrected chi connectivity index (χ1v) is 6.70. The molecular formula is C17H19NO3. The van der Waals surface area contributed by atoms with E-state index >= 15 is 0 Å². The summed E-state index contributed by atoms with van der Waals surface area (Å²) in [6.07, 6.45) is 0. The van der Waals surface area contributed by atoms with E-state index in [1.807, 2.05) is 44.3 Å². The van der Waals surface area contributed by atoms with Crippen molar-refractivity contribution in [3.05, 3.63) is 59.2 Å². The smallest absolute Gasteiger partial charge is 0.335 e. The molecule has 0 bridgehead atoms. The Labute approximate surface area is 124 Å². The zero-order chi connectivity index (χ0) is 15.4. The second-order valence-corrected chi connectivity index (χ2v) is 4.97. The van der Waals surface area contributed by atoms with Gasteiger partial charge in [-0.2, -0.15) is 0 Å². The van der Waals surface area contributed by atoms with Gasteiger partial charge in [0, 0.05) is 13.6 Å². The van der Waals surface area contributed by atoms with Crippen molar-refractivity contribution in [2.45, 2.75) is 13.5 Å². The molecule has 0 unspecified atom stereocenters. The Bertz CT molecular complexity index is 652. The van der Waals surface area contributed by atoms with Gasteiger partial charge in [0.2, 0.25) is 0 Å². The highest BCUT2D eigenvalue weighted by Crippen LogP contribution is 2.28. The number of anilines is 1.